The van der Waals surface area contributed by atoms with Crippen LogP contribution < -0.4 is 5.32 Å². The van der Waals surface area contributed by atoms with Crippen LogP contribution in [-0.4, -0.2) is 39.8 Å². The van der Waals surface area contributed by atoms with Gasteiger partial charge in [0.25, 0.3) is 0 Å². The van der Waals surface area contributed by atoms with Crippen molar-refractivity contribution in [3.05, 3.63) is 34.6 Å². The molecule has 0 saturated heterocycles. The van der Waals surface area contributed by atoms with Crippen LogP contribution in [0.25, 0.3) is 0 Å². The Hall–Kier alpha value is -1.38. The monoisotopic (exact) mass is 428 g/mol. The highest BCUT2D eigenvalue weighted by Crippen LogP contribution is 2.28. The number of carbonyl (C=O) groups excluding carboxylic acids is 1. The van der Waals surface area contributed by atoms with Crippen molar-refractivity contribution < 1.29 is 9.18 Å². The number of amides is 1. The van der Waals surface area contributed by atoms with Gasteiger partial charge in [-0.25, -0.2) is 4.39 Å². The minimum atomic E-state index is -0.405. The van der Waals surface area contributed by atoms with Gasteiger partial charge in [-0.2, -0.15) is 0 Å². The predicted octanol–water partition coefficient (Wildman–Crippen LogP) is 4.83. The summed E-state index contributed by atoms with van der Waals surface area (Å²) in [7, 11) is 1.64. The van der Waals surface area contributed by atoms with Gasteiger partial charge in [0.2, 0.25) is 11.0 Å². The van der Waals surface area contributed by atoms with Crippen molar-refractivity contribution in [3.8, 4) is 0 Å². The third kappa shape index (κ3) is 5.80. The van der Waals surface area contributed by atoms with Gasteiger partial charge in [0.15, 0.2) is 4.34 Å². The quantitative estimate of drug-likeness (QED) is 0.640. The van der Waals surface area contributed by atoms with E-state index < -0.39 is 5.82 Å². The Morgan fingerprint density at radius 2 is 2.15 bits per heavy atom. The fourth-order valence-corrected chi connectivity index (χ4v) is 4.98. The Labute approximate surface area is 171 Å². The fraction of sp³-hybridized carbons (Fsp3) is 0.500. The standard InChI is InChI=1S/C18H22ClFN4OS2/c1-24(10-13-14(19)8-5-9-15(13)20)16(25)11-26-18-23-22-17(27-18)21-12-6-3-2-4-7-12/h5,8-9,12H,2-4,6-7,10-11H2,1H3,(H,21,22). The minimum absolute atomic E-state index is 0.115. The second-order valence-electron chi connectivity index (χ2n) is 6.59. The summed E-state index contributed by atoms with van der Waals surface area (Å²) < 4.78 is 14.6. The zero-order valence-corrected chi connectivity index (χ0v) is 17.5. The molecule has 3 rings (SSSR count). The van der Waals surface area contributed by atoms with Gasteiger partial charge < -0.3 is 10.2 Å². The molecule has 1 N–H and O–H groups in total. The Balaban J connectivity index is 1.48. The molecule has 1 fully saturated rings. The largest absolute Gasteiger partial charge is 0.357 e. The summed E-state index contributed by atoms with van der Waals surface area (Å²) in [5.74, 6) is -0.297. The lowest BCUT2D eigenvalue weighted by Crippen LogP contribution is -2.28. The SMILES string of the molecule is CN(Cc1c(F)cccc1Cl)C(=O)CSc1nnc(NC2CCCCC2)s1. The van der Waals surface area contributed by atoms with E-state index in [0.29, 0.717) is 16.6 Å². The molecule has 0 atom stereocenters. The van der Waals surface area contributed by atoms with E-state index in [0.717, 1.165) is 9.47 Å². The average molecular weight is 429 g/mol. The molecule has 2 aromatic rings. The minimum Gasteiger partial charge on any atom is -0.357 e. The van der Waals surface area contributed by atoms with Gasteiger partial charge in [-0.3, -0.25) is 4.79 Å². The lowest BCUT2D eigenvalue weighted by atomic mass is 9.96. The lowest BCUT2D eigenvalue weighted by Gasteiger charge is -2.21. The zero-order valence-electron chi connectivity index (χ0n) is 15.1. The summed E-state index contributed by atoms with van der Waals surface area (Å²) in [6, 6.07) is 4.99. The van der Waals surface area contributed by atoms with E-state index in [4.69, 9.17) is 11.6 Å². The first-order chi connectivity index (χ1) is 13.0. The number of aromatic nitrogens is 2. The van der Waals surface area contributed by atoms with Gasteiger partial charge in [0, 0.05) is 30.2 Å². The third-order valence-corrected chi connectivity index (χ3v) is 6.87. The second-order valence-corrected chi connectivity index (χ2v) is 9.20. The van der Waals surface area contributed by atoms with E-state index in [1.54, 1.807) is 19.2 Å². The average Bonchev–Trinajstić information content (AvgIpc) is 3.11. The highest BCUT2D eigenvalue weighted by atomic mass is 35.5. The van der Waals surface area contributed by atoms with Gasteiger partial charge in [-0.05, 0) is 25.0 Å². The molecule has 146 valence electrons. The molecule has 0 aliphatic heterocycles. The van der Waals surface area contributed by atoms with Crippen LogP contribution in [0.1, 0.15) is 37.7 Å². The molecule has 1 amide bonds. The van der Waals surface area contributed by atoms with E-state index in [2.05, 4.69) is 15.5 Å². The summed E-state index contributed by atoms with van der Waals surface area (Å²) in [5.41, 5.74) is 0.329. The van der Waals surface area contributed by atoms with E-state index >= 15 is 0 Å². The van der Waals surface area contributed by atoms with Crippen LogP contribution in [0.5, 0.6) is 0 Å². The van der Waals surface area contributed by atoms with Crippen molar-refractivity contribution in [2.75, 3.05) is 18.1 Å². The molecule has 0 spiro atoms. The molecule has 1 aliphatic rings. The van der Waals surface area contributed by atoms with Gasteiger partial charge >= 0.3 is 0 Å². The van der Waals surface area contributed by atoms with Crippen LogP contribution in [-0.2, 0) is 11.3 Å². The second kappa shape index (κ2) is 9.71. The Bertz CT molecular complexity index is 762. The molecule has 9 heteroatoms. The number of hydrogen-bond acceptors (Lipinski definition) is 6. The van der Waals surface area contributed by atoms with Gasteiger partial charge in [-0.1, -0.05) is 60.0 Å². The number of thioether (sulfide) groups is 1. The molecule has 0 unspecified atom stereocenters. The van der Waals surface area contributed by atoms with Crippen molar-refractivity contribution in [1.82, 2.24) is 15.1 Å². The van der Waals surface area contributed by atoms with Crippen LogP contribution >= 0.6 is 34.7 Å². The van der Waals surface area contributed by atoms with Crippen LogP contribution in [0.2, 0.25) is 5.02 Å². The number of anilines is 1. The lowest BCUT2D eigenvalue weighted by molar-refractivity contribution is -0.127. The van der Waals surface area contributed by atoms with Gasteiger partial charge in [-0.15, -0.1) is 10.2 Å². The maximum Gasteiger partial charge on any atom is 0.233 e. The Morgan fingerprint density at radius 3 is 2.89 bits per heavy atom. The van der Waals surface area contributed by atoms with Crippen molar-refractivity contribution in [3.63, 3.8) is 0 Å². The summed E-state index contributed by atoms with van der Waals surface area (Å²) in [5, 5.41) is 12.9. The normalized spacial score (nSPS) is 14.9. The van der Waals surface area contributed by atoms with Crippen molar-refractivity contribution in [2.45, 2.75) is 49.0 Å². The van der Waals surface area contributed by atoms with E-state index in [1.807, 2.05) is 0 Å². The molecule has 1 saturated carbocycles. The Kier molecular flexibility index (Phi) is 7.32. The Morgan fingerprint density at radius 1 is 1.37 bits per heavy atom. The van der Waals surface area contributed by atoms with Crippen molar-refractivity contribution >= 4 is 45.7 Å². The number of nitrogens with one attached hydrogen (secondary N) is 1. The molecule has 1 heterocycles. The summed E-state index contributed by atoms with van der Waals surface area (Å²) in [4.78, 5) is 13.8. The number of nitrogens with zero attached hydrogens (tertiary/aromatic N) is 3. The molecular weight excluding hydrogens is 407 g/mol. The third-order valence-electron chi connectivity index (χ3n) is 4.54. The molecule has 27 heavy (non-hydrogen) atoms. The highest BCUT2D eigenvalue weighted by molar-refractivity contribution is 8.01. The van der Waals surface area contributed by atoms with Crippen LogP contribution in [0.4, 0.5) is 9.52 Å². The number of halogens is 2. The summed E-state index contributed by atoms with van der Waals surface area (Å²) in [6.07, 6.45) is 6.16. The molecule has 1 aliphatic carbocycles. The predicted molar refractivity (Wildman–Crippen MR) is 109 cm³/mol. The van der Waals surface area contributed by atoms with Crippen LogP contribution in [0.3, 0.4) is 0 Å². The van der Waals surface area contributed by atoms with Gasteiger partial charge in [0.1, 0.15) is 5.82 Å². The molecular formula is C18H22ClFN4OS2. The fourth-order valence-electron chi connectivity index (χ4n) is 2.99. The zero-order chi connectivity index (χ0) is 19.2. The van der Waals surface area contributed by atoms with Crippen LogP contribution in [0, 0.1) is 5.82 Å². The number of hydrogen-bond donors (Lipinski definition) is 1. The first kappa shape index (κ1) is 20.4. The molecule has 0 radical (unpaired) electrons. The number of carbonyl (C=O) groups is 1. The summed E-state index contributed by atoms with van der Waals surface area (Å²) >= 11 is 8.84. The first-order valence-electron chi connectivity index (χ1n) is 8.92. The van der Waals surface area contributed by atoms with Crippen molar-refractivity contribution in [2.24, 2.45) is 0 Å². The van der Waals surface area contributed by atoms with E-state index in [9.17, 15) is 9.18 Å². The summed E-state index contributed by atoms with van der Waals surface area (Å²) in [6.45, 7) is 0.134. The first-order valence-corrected chi connectivity index (χ1v) is 11.1. The van der Waals surface area contributed by atoms with E-state index in [1.165, 1.54) is 66.2 Å². The maximum absolute atomic E-state index is 13.9. The molecule has 1 aromatic carbocycles. The van der Waals surface area contributed by atoms with Gasteiger partial charge in [0.05, 0.1) is 5.75 Å². The maximum atomic E-state index is 13.9. The molecule has 1 aromatic heterocycles. The molecule has 5 nitrogen and oxygen atoms in total. The van der Waals surface area contributed by atoms with Crippen LogP contribution in [0.15, 0.2) is 22.5 Å². The highest BCUT2D eigenvalue weighted by Gasteiger charge is 2.17. The smallest absolute Gasteiger partial charge is 0.233 e. The molecule has 0 bridgehead atoms. The van der Waals surface area contributed by atoms with E-state index in [-0.39, 0.29) is 18.2 Å². The number of benzene rings is 1. The topological polar surface area (TPSA) is 58.1 Å². The van der Waals surface area contributed by atoms with Crippen molar-refractivity contribution in [1.29, 1.82) is 0 Å². The number of rotatable bonds is 7.